The number of halogens is 1. The summed E-state index contributed by atoms with van der Waals surface area (Å²) < 4.78 is 78.5. The lowest BCUT2D eigenvalue weighted by atomic mass is 10.2. The van der Waals surface area contributed by atoms with Gasteiger partial charge >= 0.3 is 12.2 Å². The third-order valence-corrected chi connectivity index (χ3v) is 10.5. The number of carbonyl (C=O) groups excluding carboxylic acids is 2. The summed E-state index contributed by atoms with van der Waals surface area (Å²) >= 11 is 0. The summed E-state index contributed by atoms with van der Waals surface area (Å²) in [5, 5.41) is 2.53. The van der Waals surface area contributed by atoms with Gasteiger partial charge in [-0.25, -0.2) is 64.7 Å². The number of benzene rings is 1. The maximum Gasteiger partial charge on any atom is 0.410 e. The first-order chi connectivity index (χ1) is 26.1. The van der Waals surface area contributed by atoms with Gasteiger partial charge in [0.25, 0.3) is 0 Å². The van der Waals surface area contributed by atoms with Crippen LogP contribution in [0.1, 0.15) is 60.1 Å². The van der Waals surface area contributed by atoms with Crippen molar-refractivity contribution in [1.82, 2.24) is 45.0 Å². The van der Waals surface area contributed by atoms with Crippen LogP contribution in [-0.2, 0) is 84.9 Å². The highest BCUT2D eigenvalue weighted by atomic mass is 35.5. The van der Waals surface area contributed by atoms with Gasteiger partial charge in [-0.15, -0.1) is 12.4 Å². The topological polar surface area (TPSA) is 251 Å². The summed E-state index contributed by atoms with van der Waals surface area (Å²) in [5.74, 6) is 0. The zero-order chi connectivity index (χ0) is 41.1. The third kappa shape index (κ3) is 12.3. The molecule has 19 nitrogen and oxygen atoms in total. The molecule has 0 bridgehead atoms. The summed E-state index contributed by atoms with van der Waals surface area (Å²) in [4.78, 5) is 50.4. The number of ether oxygens (including phenoxy) is 2. The quantitative estimate of drug-likeness (QED) is 0.283. The van der Waals surface area contributed by atoms with Gasteiger partial charge < -0.3 is 14.8 Å². The van der Waals surface area contributed by atoms with E-state index < -0.39 is 47.3 Å². The van der Waals surface area contributed by atoms with E-state index in [9.17, 15) is 34.8 Å². The Hall–Kier alpha value is -4.90. The second-order valence-corrected chi connectivity index (χ2v) is 19.8. The first-order valence-corrected chi connectivity index (χ1v) is 22.5. The number of carbonyl (C=O) groups is 2. The molecule has 0 saturated carbocycles. The SMILES string of the molecule is CC(C)(C)OC(=O)N1Cc2cnc(S(C)(=O)=O)nc2C1.CS(=O)(=O)c1ncc2c(n1)CN(C(=O)OCc1ccccc1)C2.CS(=O)(=O)c1ncc2c(n1)CNC2.Cl. The largest absolute Gasteiger partial charge is 0.445 e. The lowest BCUT2D eigenvalue weighted by Crippen LogP contribution is -2.33. The zero-order valence-corrected chi connectivity index (χ0v) is 35.1. The molecule has 0 atom stereocenters. The molecule has 0 spiro atoms. The van der Waals surface area contributed by atoms with Crippen LogP contribution in [0, 0.1) is 0 Å². The molecule has 4 aromatic rings. The third-order valence-electron chi connectivity index (χ3n) is 7.92. The molecule has 23 heteroatoms. The molecule has 0 saturated heterocycles. The first kappa shape index (κ1) is 44.8. The van der Waals surface area contributed by atoms with Crippen molar-refractivity contribution in [1.29, 1.82) is 0 Å². The number of rotatable bonds is 5. The van der Waals surface area contributed by atoms with Crippen LogP contribution in [0.3, 0.4) is 0 Å². The fraction of sp³-hybridized carbons (Fsp3) is 0.412. The minimum atomic E-state index is -3.47. The van der Waals surface area contributed by atoms with Gasteiger partial charge in [0.2, 0.25) is 45.0 Å². The molecule has 0 fully saturated rings. The monoisotopic (exact) mass is 867 g/mol. The Labute approximate surface area is 336 Å². The van der Waals surface area contributed by atoms with E-state index in [1.54, 1.807) is 27.0 Å². The van der Waals surface area contributed by atoms with Crippen molar-refractivity contribution in [3.05, 3.63) is 88.3 Å². The van der Waals surface area contributed by atoms with E-state index >= 15 is 0 Å². The second-order valence-electron chi connectivity index (χ2n) is 14.0. The summed E-state index contributed by atoms with van der Waals surface area (Å²) in [7, 11) is -10.2. The van der Waals surface area contributed by atoms with Crippen LogP contribution in [0.2, 0.25) is 0 Å². The van der Waals surface area contributed by atoms with Crippen LogP contribution in [0.4, 0.5) is 9.59 Å². The highest BCUT2D eigenvalue weighted by Crippen LogP contribution is 2.24. The molecule has 3 aliphatic rings. The van der Waals surface area contributed by atoms with Crippen molar-refractivity contribution in [3.8, 4) is 0 Å². The van der Waals surface area contributed by atoms with E-state index in [4.69, 9.17) is 9.47 Å². The molecule has 0 unspecified atom stereocenters. The number of nitrogens with zero attached hydrogens (tertiary/aromatic N) is 8. The van der Waals surface area contributed by atoms with E-state index in [0.29, 0.717) is 31.0 Å². The van der Waals surface area contributed by atoms with E-state index in [1.807, 2.05) is 30.3 Å². The van der Waals surface area contributed by atoms with E-state index in [1.165, 1.54) is 22.2 Å². The van der Waals surface area contributed by atoms with Crippen LogP contribution in [0.15, 0.2) is 64.4 Å². The number of nitrogens with one attached hydrogen (secondary N) is 1. The van der Waals surface area contributed by atoms with E-state index in [0.717, 1.165) is 53.3 Å². The van der Waals surface area contributed by atoms with Crippen molar-refractivity contribution < 1.29 is 44.3 Å². The molecule has 7 rings (SSSR count). The highest BCUT2D eigenvalue weighted by Gasteiger charge is 2.30. The molecule has 3 aromatic heterocycles. The lowest BCUT2D eigenvalue weighted by Gasteiger charge is -2.23. The molecule has 0 aliphatic carbocycles. The highest BCUT2D eigenvalue weighted by molar-refractivity contribution is 7.91. The molecular weight excluding hydrogens is 826 g/mol. The predicted octanol–water partition coefficient (Wildman–Crippen LogP) is 2.57. The summed E-state index contributed by atoms with van der Waals surface area (Å²) in [5.41, 5.74) is 4.65. The number of sulfone groups is 3. The van der Waals surface area contributed by atoms with Gasteiger partial charge in [0.1, 0.15) is 12.2 Å². The minimum Gasteiger partial charge on any atom is -0.445 e. The lowest BCUT2D eigenvalue weighted by molar-refractivity contribution is 0.0240. The summed E-state index contributed by atoms with van der Waals surface area (Å²) in [6, 6.07) is 9.38. The van der Waals surface area contributed by atoms with Crippen molar-refractivity contribution in [2.45, 2.75) is 87.7 Å². The van der Waals surface area contributed by atoms with Crippen molar-refractivity contribution >= 4 is 54.1 Å². The first-order valence-electron chi connectivity index (χ1n) is 16.9. The Morgan fingerprint density at radius 2 is 1.09 bits per heavy atom. The zero-order valence-electron chi connectivity index (χ0n) is 31.9. The Bertz CT molecular complexity index is 2470. The molecule has 2 amide bonds. The normalized spacial score (nSPS) is 14.4. The number of hydrogen-bond acceptors (Lipinski definition) is 17. The van der Waals surface area contributed by atoms with Crippen LogP contribution >= 0.6 is 12.4 Å². The maximum absolute atomic E-state index is 12.1. The van der Waals surface area contributed by atoms with Crippen LogP contribution in [0.25, 0.3) is 0 Å². The fourth-order valence-corrected chi connectivity index (χ4v) is 6.80. The number of fused-ring (bicyclic) bond motifs is 3. The standard InChI is InChI=1S/C15H15N3O4S.C12H17N3O4S.C7H9N3O2S.ClH/c1-23(20,21)14-16-7-12-8-18(9-13(12)17-14)15(19)22-10-11-5-3-2-4-6-11;1-12(2,3)19-11(16)15-6-8-5-13-10(20(4,17)18)14-9(8)7-15;1-13(11,12)7-9-3-5-2-8-4-6(5)10-7;/h2-7H,8-10H2,1H3;5H,6-7H2,1-4H3;3,8H,2,4H2,1H3;1H. The summed E-state index contributed by atoms with van der Waals surface area (Å²) in [6.45, 7) is 7.98. The second kappa shape index (κ2) is 17.7. The molecule has 1 N–H and O–H groups in total. The average molecular weight is 868 g/mol. The van der Waals surface area contributed by atoms with Crippen LogP contribution in [-0.4, -0.2) is 102 Å². The van der Waals surface area contributed by atoms with Crippen LogP contribution < -0.4 is 5.32 Å². The van der Waals surface area contributed by atoms with E-state index in [-0.39, 0.29) is 47.6 Å². The van der Waals surface area contributed by atoms with E-state index in [2.05, 4.69) is 35.2 Å². The van der Waals surface area contributed by atoms with Gasteiger partial charge in [-0.1, -0.05) is 30.3 Å². The molecule has 1 aromatic carbocycles. The Balaban J connectivity index is 0.000000195. The van der Waals surface area contributed by atoms with Gasteiger partial charge in [-0.05, 0) is 26.3 Å². The van der Waals surface area contributed by atoms with Crippen molar-refractivity contribution in [3.63, 3.8) is 0 Å². The molecule has 57 heavy (non-hydrogen) atoms. The van der Waals surface area contributed by atoms with Gasteiger partial charge in [0.15, 0.2) is 0 Å². The Morgan fingerprint density at radius 1 is 0.649 bits per heavy atom. The van der Waals surface area contributed by atoms with Crippen molar-refractivity contribution in [2.75, 3.05) is 18.8 Å². The predicted molar refractivity (Wildman–Crippen MR) is 205 cm³/mol. The number of aromatic nitrogens is 6. The van der Waals surface area contributed by atoms with Gasteiger partial charge in [0.05, 0.1) is 43.3 Å². The van der Waals surface area contributed by atoms with Gasteiger partial charge in [-0.2, -0.15) is 0 Å². The number of hydrogen-bond donors (Lipinski definition) is 1. The van der Waals surface area contributed by atoms with Crippen molar-refractivity contribution in [2.24, 2.45) is 0 Å². The Morgan fingerprint density at radius 3 is 1.54 bits per heavy atom. The smallest absolute Gasteiger partial charge is 0.410 e. The average Bonchev–Trinajstić information content (AvgIpc) is 3.87. The minimum absolute atomic E-state index is 0. The summed E-state index contributed by atoms with van der Waals surface area (Å²) in [6.07, 6.45) is 6.76. The van der Waals surface area contributed by atoms with Gasteiger partial charge in [0, 0.05) is 67.1 Å². The van der Waals surface area contributed by atoms with Gasteiger partial charge in [-0.3, -0.25) is 9.80 Å². The molecular formula is C34H42ClN9O10S3. The molecule has 308 valence electrons. The Kier molecular flexibility index (Phi) is 13.9. The molecule has 3 aliphatic heterocycles. The molecule has 0 radical (unpaired) electrons. The maximum atomic E-state index is 12.1. The van der Waals surface area contributed by atoms with Crippen LogP contribution in [0.5, 0.6) is 0 Å². The number of amides is 2. The molecule has 6 heterocycles. The fourth-order valence-electron chi connectivity index (χ4n) is 5.24.